The van der Waals surface area contributed by atoms with Crippen molar-refractivity contribution in [3.8, 4) is 0 Å². The van der Waals surface area contributed by atoms with Gasteiger partial charge in [-0.2, -0.15) is 5.10 Å². The molecule has 5 aromatic carbocycles. The summed E-state index contributed by atoms with van der Waals surface area (Å²) in [5.41, 5.74) is 41.4. The number of carboxylic acid groups (broad SMARTS) is 2. The van der Waals surface area contributed by atoms with Gasteiger partial charge in [0.15, 0.2) is 36.0 Å². The van der Waals surface area contributed by atoms with E-state index < -0.39 is 70.8 Å². The van der Waals surface area contributed by atoms with Crippen LogP contribution in [0, 0.1) is 68.1 Å². The van der Waals surface area contributed by atoms with Gasteiger partial charge in [0, 0.05) is 61.5 Å². The molecule has 128 heavy (non-hydrogen) atoms. The summed E-state index contributed by atoms with van der Waals surface area (Å²) in [6, 6.07) is 33.1. The molecule has 0 aromatic heterocycles. The summed E-state index contributed by atoms with van der Waals surface area (Å²) >= 11 is 0. The van der Waals surface area contributed by atoms with E-state index >= 15 is 0 Å². The highest BCUT2D eigenvalue weighted by atomic mass is 16.7. The van der Waals surface area contributed by atoms with Crippen molar-refractivity contribution in [2.75, 3.05) is 19.8 Å². The lowest BCUT2D eigenvalue weighted by atomic mass is 9.61. The molecule has 26 heteroatoms. The Hall–Kier alpha value is -10.4. The highest BCUT2D eigenvalue weighted by Gasteiger charge is 2.63. The van der Waals surface area contributed by atoms with Crippen molar-refractivity contribution in [2.45, 2.75) is 279 Å². The fraction of sp³-hybridized carbons (Fsp3) is 0.510. The number of ketones is 5. The number of aryl methyl sites for hydroxylation is 10. The number of hydrazine groups is 1. The van der Waals surface area contributed by atoms with E-state index in [1.807, 2.05) is 26.0 Å². The average molecular weight is 1760 g/mol. The van der Waals surface area contributed by atoms with Crippen molar-refractivity contribution >= 4 is 92.5 Å². The molecule has 1 spiro atoms. The number of nitrogens with two attached hydrogens (primary N) is 3. The number of Topliss-reactive ketones (excluding diaryl/α,β-unsaturated/α-hetero) is 5. The molecule has 12 aliphatic rings. The van der Waals surface area contributed by atoms with Gasteiger partial charge in [0.1, 0.15) is 23.1 Å². The number of fused-ring (bicyclic) bond motifs is 12. The second kappa shape index (κ2) is 43.3. The number of ether oxygens (including phenoxy) is 2. The summed E-state index contributed by atoms with van der Waals surface area (Å²) in [5, 5.41) is 63.2. The number of hydrogen-bond donors (Lipinski definition) is 12. The average Bonchev–Trinajstić information content (AvgIpc) is 1.54. The van der Waals surface area contributed by atoms with Crippen LogP contribution in [0.3, 0.4) is 0 Å². The molecule has 26 nitrogen and oxygen atoms in total. The Labute approximate surface area is 750 Å². The van der Waals surface area contributed by atoms with Crippen LogP contribution < -0.4 is 28.2 Å². The first-order valence-corrected chi connectivity index (χ1v) is 45.2. The van der Waals surface area contributed by atoms with Crippen molar-refractivity contribution < 1.29 is 98.0 Å². The topological polar surface area (TPSA) is 462 Å². The second-order valence-corrected chi connectivity index (χ2v) is 36.9. The standard InChI is InChI=1S/C23H29N3O5.C21H26O2.C19H22O2.C19H22O.C11H12O.C4H9N3O4.C3H8O.C2H2O4/c1-13-6-7-16-14(4-3-5-15(16)12-13)10-11-23(2)17(8-9-18(23)27)25-26-22(31)20(29)19(28)21(24)30;1-14-3-5-16-15(13-14)4-6-18-17(16)7-9-20(2)19(18)8-10-21(20)22-11-12-23-21;1-13-6-7-16-14(4-3-5-15(16)12-13)10-11-19(2)17(20)8-9-18(19)21;1-12-3-5-14-13(11-12)4-6-16-15(14)9-10-19(2)17(16)7-8-18(19)20;1-8-5-6-10-9(7-8)3-2-4-11(10)12;5-3(10)1(8)2(9)4(11)7-6;1-2-3-4;3-1(4)2(5)6/h6-7,10,12,19-20,28-29H,3-5,8-9,11H2,1-2H3,(H2,24,30)(H,26,31);3,5,13,19H,4,6-12H2,1-2H3;6-7,10,12H,3-5,8-9,11H2,1-2H3;3,5,11,17H,4,6-10H2,1-2H3;5-7H,2-4H2,1H3;1-2,8-9H,6H2,(H2,5,10)(H,7,11);4H,2-3H2,1H3;(H,3,4)(H,5,6)/b14-10+,25-17+;;14-10+;;;;;/t19-,20-,23?;19-,20-;;17-,19-;;1-,2-;;/m10.0.1../s1. The first kappa shape index (κ1) is 99.7. The molecule has 1 saturated heterocycles. The van der Waals surface area contributed by atoms with Crippen LogP contribution in [-0.2, 0) is 89.5 Å². The lowest BCUT2D eigenvalue weighted by molar-refractivity contribution is -0.225. The number of hydrazone groups is 1. The zero-order valence-electron chi connectivity index (χ0n) is 75.8. The number of aliphatic hydroxyl groups excluding tert-OH is 5. The fourth-order valence-electron chi connectivity index (χ4n) is 20.7. The molecular weight excluding hydrogens is 1630 g/mol. The van der Waals surface area contributed by atoms with Crippen LogP contribution in [0.2, 0.25) is 0 Å². The molecule has 15 N–H and O–H groups in total. The molecule has 1 heterocycles. The molecule has 5 fully saturated rings. The monoisotopic (exact) mass is 1760 g/mol. The first-order chi connectivity index (χ1) is 60.7. The number of benzene rings is 5. The molecule has 1 unspecified atom stereocenters. The number of carbonyl (C=O) groups excluding carboxylic acids is 9. The van der Waals surface area contributed by atoms with Crippen LogP contribution >= 0.6 is 0 Å². The summed E-state index contributed by atoms with van der Waals surface area (Å²) in [7, 11) is 0. The quantitative estimate of drug-likeness (QED) is 0.0181. The van der Waals surface area contributed by atoms with E-state index in [1.165, 1.54) is 122 Å². The number of nitrogens with zero attached hydrogens (tertiary/aromatic N) is 1. The minimum Gasteiger partial charge on any atom is -0.473 e. The third kappa shape index (κ3) is 22.5. The van der Waals surface area contributed by atoms with Crippen molar-refractivity contribution in [1.29, 1.82) is 0 Å². The van der Waals surface area contributed by atoms with Gasteiger partial charge in [-0.3, -0.25) is 48.6 Å². The molecule has 0 bridgehead atoms. The van der Waals surface area contributed by atoms with Crippen LogP contribution in [0.5, 0.6) is 0 Å². The molecule has 4 saturated carbocycles. The summed E-state index contributed by atoms with van der Waals surface area (Å²) in [6.45, 7) is 22.7. The predicted octanol–water partition coefficient (Wildman–Crippen LogP) is 12.6. The third-order valence-corrected chi connectivity index (χ3v) is 28.3. The van der Waals surface area contributed by atoms with Crippen LogP contribution in [0.25, 0.3) is 22.3 Å². The van der Waals surface area contributed by atoms with E-state index in [0.717, 1.165) is 122 Å². The predicted molar refractivity (Wildman–Crippen MR) is 487 cm³/mol. The van der Waals surface area contributed by atoms with Gasteiger partial charge in [-0.05, 0) is 274 Å². The van der Waals surface area contributed by atoms with E-state index in [1.54, 1.807) is 40.2 Å². The van der Waals surface area contributed by atoms with Crippen LogP contribution in [0.15, 0.2) is 119 Å². The lowest BCUT2D eigenvalue weighted by Crippen LogP contribution is -2.49. The number of nitrogens with one attached hydrogen (secondary N) is 2. The van der Waals surface area contributed by atoms with E-state index in [-0.39, 0.29) is 34.0 Å². The number of amides is 4. The zero-order chi connectivity index (χ0) is 93.5. The number of allylic oxidation sites excluding steroid dienone is 8. The van der Waals surface area contributed by atoms with Gasteiger partial charge in [0.2, 0.25) is 11.8 Å². The molecule has 0 radical (unpaired) electrons. The van der Waals surface area contributed by atoms with Gasteiger partial charge in [0.25, 0.3) is 11.8 Å². The van der Waals surface area contributed by atoms with Gasteiger partial charge >= 0.3 is 11.9 Å². The molecule has 4 amide bonds. The zero-order valence-corrected chi connectivity index (χ0v) is 75.8. The van der Waals surface area contributed by atoms with Crippen molar-refractivity contribution in [3.05, 3.63) is 198 Å². The Morgan fingerprint density at radius 3 is 1.31 bits per heavy atom. The Balaban J connectivity index is 0.000000160. The van der Waals surface area contributed by atoms with Gasteiger partial charge < -0.3 is 56.7 Å². The maximum atomic E-state index is 12.7. The first-order valence-electron chi connectivity index (χ1n) is 45.2. The normalized spacial score (nSPS) is 24.4. The largest absolute Gasteiger partial charge is 0.473 e. The SMILES string of the molecule is CCCO.Cc1ccc2c(c1)CCC/C2=C\CC1(C)C(=O)CC/C1=N\NC(=O)[C@H](O)[C@@H](O)C(N)=O.Cc1ccc2c(c1)CCC/C2=C\CC1(C)C(=O)CCC1=O.Cc1ccc2c(c1)CCC1=C2CC[C@@]2(C)[C@H]1CCC21OCCO1.Cc1ccc2c(c1)CCC1=C2CC[C@]2(C)C(=O)CC[C@@H]12.Cc1ccc2c(c1)CCCC2=O.NNC(=O)[C@H](O)[C@@H](O)C(N)=O.O=C(O)C(=O)O. The van der Waals surface area contributed by atoms with Crippen molar-refractivity contribution in [2.24, 2.45) is 55.9 Å². The van der Waals surface area contributed by atoms with E-state index in [4.69, 9.17) is 50.3 Å². The Morgan fingerprint density at radius 1 is 0.461 bits per heavy atom. The molecule has 688 valence electrons. The summed E-state index contributed by atoms with van der Waals surface area (Å²) < 4.78 is 12.4. The maximum Gasteiger partial charge on any atom is 0.414 e. The summed E-state index contributed by atoms with van der Waals surface area (Å²) in [6.07, 6.45) is 22.5. The Bertz CT molecular complexity index is 5210. The molecule has 5 aromatic rings. The number of primary amides is 2. The Morgan fingerprint density at radius 2 is 0.859 bits per heavy atom. The van der Waals surface area contributed by atoms with E-state index in [0.29, 0.717) is 74.2 Å². The smallest absolute Gasteiger partial charge is 0.414 e. The highest BCUT2D eigenvalue weighted by molar-refractivity contribution is 6.27. The number of aliphatic hydroxyl groups is 5. The molecule has 1 aliphatic heterocycles. The van der Waals surface area contributed by atoms with E-state index in [2.05, 4.69) is 162 Å². The molecule has 9 atom stereocenters. The number of carbonyl (C=O) groups is 11. The Kier molecular flexibility index (Phi) is 33.8. The van der Waals surface area contributed by atoms with Gasteiger partial charge in [-0.25, -0.2) is 20.9 Å². The van der Waals surface area contributed by atoms with Crippen LogP contribution in [0.4, 0.5) is 0 Å². The highest BCUT2D eigenvalue weighted by Crippen LogP contribution is 2.65. The number of hydrogen-bond acceptors (Lipinski definition) is 20. The van der Waals surface area contributed by atoms with Crippen molar-refractivity contribution in [3.63, 3.8) is 0 Å². The van der Waals surface area contributed by atoms with E-state index in [9.17, 15) is 53.4 Å². The second-order valence-electron chi connectivity index (χ2n) is 36.9. The maximum absolute atomic E-state index is 12.7. The van der Waals surface area contributed by atoms with Gasteiger partial charge in [0.05, 0.1) is 29.8 Å². The van der Waals surface area contributed by atoms with Crippen LogP contribution in [0.1, 0.15) is 271 Å². The third-order valence-electron chi connectivity index (χ3n) is 28.3. The lowest BCUT2D eigenvalue weighted by Gasteiger charge is -2.47. The van der Waals surface area contributed by atoms with Gasteiger partial charge in [-0.15, -0.1) is 0 Å². The summed E-state index contributed by atoms with van der Waals surface area (Å²) in [5.74, 6) is -1.60. The molecule has 17 rings (SSSR count). The molecule has 11 aliphatic carbocycles. The minimum absolute atomic E-state index is 0.0370. The molecular formula is C102H130N6O20. The fourth-order valence-corrected chi connectivity index (χ4v) is 20.7. The van der Waals surface area contributed by atoms with Crippen LogP contribution in [-0.4, -0.2) is 156 Å². The minimum atomic E-state index is -2.03. The summed E-state index contributed by atoms with van der Waals surface area (Å²) in [4.78, 5) is 122. The van der Waals surface area contributed by atoms with Gasteiger partial charge in [-0.1, -0.05) is 163 Å². The van der Waals surface area contributed by atoms with Crippen molar-refractivity contribution in [1.82, 2.24) is 10.9 Å². The number of carboxylic acids is 2. The number of aliphatic carboxylic acids is 2. The number of rotatable bonds is 12.